The zero-order valence-corrected chi connectivity index (χ0v) is 11.6. The molecule has 0 amide bonds. The first-order chi connectivity index (χ1) is 8.27. The first-order valence-corrected chi connectivity index (χ1v) is 7.08. The van der Waals surface area contributed by atoms with Crippen LogP contribution in [-0.4, -0.2) is 11.7 Å². The number of thiophene rings is 1. The summed E-state index contributed by atoms with van der Waals surface area (Å²) in [4.78, 5) is 0. The van der Waals surface area contributed by atoms with Gasteiger partial charge in [0, 0.05) is 21.8 Å². The number of rotatable bonds is 5. The van der Waals surface area contributed by atoms with E-state index in [-0.39, 0.29) is 0 Å². The van der Waals surface area contributed by atoms with Crippen molar-refractivity contribution in [2.24, 2.45) is 0 Å². The summed E-state index contributed by atoms with van der Waals surface area (Å²) in [7, 11) is 0. The smallest absolute Gasteiger partial charge is 0.119 e. The lowest BCUT2D eigenvalue weighted by Crippen LogP contribution is -2.04. The molecule has 2 rings (SSSR count). The minimum absolute atomic E-state index is 0.473. The summed E-state index contributed by atoms with van der Waals surface area (Å²) in [5.74, 6) is 0.837. The lowest BCUT2D eigenvalue weighted by Gasteiger charge is -2.11. The van der Waals surface area contributed by atoms with Crippen molar-refractivity contribution in [3.8, 4) is 5.75 Å². The number of aliphatic hydroxyl groups is 1. The third-order valence-electron chi connectivity index (χ3n) is 2.40. The average molecular weight is 313 g/mol. The fourth-order valence-electron chi connectivity index (χ4n) is 1.49. The van der Waals surface area contributed by atoms with E-state index >= 15 is 0 Å². The van der Waals surface area contributed by atoms with E-state index < -0.39 is 6.10 Å². The molecule has 0 bridgehead atoms. The molecule has 0 saturated carbocycles. The van der Waals surface area contributed by atoms with Gasteiger partial charge in [-0.15, -0.1) is 0 Å². The minimum Gasteiger partial charge on any atom is -0.493 e. The first-order valence-electron chi connectivity index (χ1n) is 5.35. The van der Waals surface area contributed by atoms with Crippen molar-refractivity contribution >= 4 is 27.3 Å². The Bertz CT molecular complexity index is 455. The maximum absolute atomic E-state index is 9.96. The number of hydrogen-bond acceptors (Lipinski definition) is 3. The fourth-order valence-corrected chi connectivity index (χ4v) is 3.10. The number of para-hydroxylation sites is 1. The van der Waals surface area contributed by atoms with Crippen LogP contribution in [0.15, 0.2) is 45.6 Å². The van der Waals surface area contributed by atoms with Gasteiger partial charge < -0.3 is 9.84 Å². The molecule has 0 spiro atoms. The summed E-state index contributed by atoms with van der Waals surface area (Å²) in [5, 5.41) is 13.9. The van der Waals surface area contributed by atoms with Crippen LogP contribution in [-0.2, 0) is 0 Å². The van der Waals surface area contributed by atoms with Gasteiger partial charge in [-0.3, -0.25) is 0 Å². The molecule has 0 saturated heterocycles. The summed E-state index contributed by atoms with van der Waals surface area (Å²) in [6, 6.07) is 9.63. The summed E-state index contributed by atoms with van der Waals surface area (Å²) in [6.45, 7) is 0.507. The Morgan fingerprint density at radius 3 is 2.65 bits per heavy atom. The number of halogens is 1. The van der Waals surface area contributed by atoms with Gasteiger partial charge in [0.15, 0.2) is 0 Å². The average Bonchev–Trinajstić information content (AvgIpc) is 2.77. The second-order valence-corrected chi connectivity index (χ2v) is 5.24. The molecule has 1 aromatic carbocycles. The second kappa shape index (κ2) is 6.19. The third-order valence-corrected chi connectivity index (χ3v) is 4.16. The van der Waals surface area contributed by atoms with Gasteiger partial charge in [0.05, 0.1) is 12.7 Å². The highest BCUT2D eigenvalue weighted by atomic mass is 79.9. The number of aliphatic hydroxyl groups excluding tert-OH is 1. The predicted molar refractivity (Wildman–Crippen MR) is 73.5 cm³/mol. The van der Waals surface area contributed by atoms with E-state index in [1.54, 1.807) is 11.3 Å². The molecule has 90 valence electrons. The second-order valence-electron chi connectivity index (χ2n) is 3.64. The van der Waals surface area contributed by atoms with E-state index in [2.05, 4.69) is 15.9 Å². The van der Waals surface area contributed by atoms with E-state index in [1.807, 2.05) is 41.1 Å². The fraction of sp³-hybridized carbons (Fsp3) is 0.231. The Labute approximate surface area is 113 Å². The monoisotopic (exact) mass is 312 g/mol. The van der Waals surface area contributed by atoms with E-state index in [0.29, 0.717) is 13.0 Å². The quantitative estimate of drug-likeness (QED) is 0.903. The molecule has 1 unspecified atom stereocenters. The summed E-state index contributed by atoms with van der Waals surface area (Å²) >= 11 is 4.99. The van der Waals surface area contributed by atoms with Crippen LogP contribution in [0.3, 0.4) is 0 Å². The molecule has 0 radical (unpaired) electrons. The maximum atomic E-state index is 9.96. The Morgan fingerprint density at radius 2 is 2.00 bits per heavy atom. The van der Waals surface area contributed by atoms with Crippen molar-refractivity contribution in [1.82, 2.24) is 0 Å². The van der Waals surface area contributed by atoms with Crippen LogP contribution in [0.2, 0.25) is 0 Å². The van der Waals surface area contributed by atoms with Gasteiger partial charge in [0.25, 0.3) is 0 Å². The Balaban J connectivity index is 1.81. The lowest BCUT2D eigenvalue weighted by molar-refractivity contribution is 0.140. The summed E-state index contributed by atoms with van der Waals surface area (Å²) in [5.41, 5.74) is 0.937. The molecule has 4 heteroatoms. The van der Waals surface area contributed by atoms with Crippen LogP contribution in [0.1, 0.15) is 18.1 Å². The zero-order chi connectivity index (χ0) is 12.1. The maximum Gasteiger partial charge on any atom is 0.119 e. The highest BCUT2D eigenvalue weighted by Gasteiger charge is 2.12. The first kappa shape index (κ1) is 12.6. The number of ether oxygens (including phenoxy) is 1. The molecule has 1 aromatic heterocycles. The molecular weight excluding hydrogens is 300 g/mol. The molecule has 2 nitrogen and oxygen atoms in total. The van der Waals surface area contributed by atoms with Gasteiger partial charge >= 0.3 is 0 Å². The number of benzene rings is 1. The zero-order valence-electron chi connectivity index (χ0n) is 9.17. The number of hydrogen-bond donors (Lipinski definition) is 1. The summed E-state index contributed by atoms with van der Waals surface area (Å²) in [6.07, 6.45) is 0.115. The van der Waals surface area contributed by atoms with Crippen molar-refractivity contribution in [3.63, 3.8) is 0 Å². The topological polar surface area (TPSA) is 29.5 Å². The van der Waals surface area contributed by atoms with E-state index in [1.165, 1.54) is 0 Å². The molecule has 1 heterocycles. The van der Waals surface area contributed by atoms with Gasteiger partial charge in [0.2, 0.25) is 0 Å². The van der Waals surface area contributed by atoms with Crippen LogP contribution in [0.25, 0.3) is 0 Å². The SMILES string of the molecule is OC(CCOc1ccccc1)c1cscc1Br. The highest BCUT2D eigenvalue weighted by molar-refractivity contribution is 9.10. The van der Waals surface area contributed by atoms with Gasteiger partial charge in [-0.05, 0) is 33.4 Å². The normalized spacial score (nSPS) is 12.4. The Morgan fingerprint density at radius 1 is 1.24 bits per heavy atom. The van der Waals surface area contributed by atoms with Crippen molar-refractivity contribution < 1.29 is 9.84 Å². The van der Waals surface area contributed by atoms with Gasteiger partial charge in [-0.2, -0.15) is 11.3 Å². The van der Waals surface area contributed by atoms with Crippen LogP contribution >= 0.6 is 27.3 Å². The van der Waals surface area contributed by atoms with Crippen molar-refractivity contribution in [2.75, 3.05) is 6.61 Å². The van der Waals surface area contributed by atoms with Gasteiger partial charge in [0.1, 0.15) is 5.75 Å². The predicted octanol–water partition coefficient (Wildman–Crippen LogP) is 4.01. The molecule has 0 aliphatic rings. The Hall–Kier alpha value is -0.840. The van der Waals surface area contributed by atoms with E-state index in [0.717, 1.165) is 15.8 Å². The molecule has 0 aliphatic carbocycles. The molecule has 0 aliphatic heterocycles. The largest absolute Gasteiger partial charge is 0.493 e. The molecular formula is C13H13BrO2S. The van der Waals surface area contributed by atoms with Crippen LogP contribution in [0.5, 0.6) is 5.75 Å². The summed E-state index contributed by atoms with van der Waals surface area (Å²) < 4.78 is 6.51. The van der Waals surface area contributed by atoms with Crippen LogP contribution in [0.4, 0.5) is 0 Å². The molecule has 17 heavy (non-hydrogen) atoms. The third kappa shape index (κ3) is 3.56. The molecule has 0 fully saturated rings. The van der Waals surface area contributed by atoms with E-state index in [4.69, 9.17) is 4.74 Å². The van der Waals surface area contributed by atoms with E-state index in [9.17, 15) is 5.11 Å². The van der Waals surface area contributed by atoms with Crippen LogP contribution < -0.4 is 4.74 Å². The van der Waals surface area contributed by atoms with Gasteiger partial charge in [-0.1, -0.05) is 18.2 Å². The van der Waals surface area contributed by atoms with Gasteiger partial charge in [-0.25, -0.2) is 0 Å². The molecule has 2 aromatic rings. The molecule has 1 atom stereocenters. The molecule has 1 N–H and O–H groups in total. The standard InChI is InChI=1S/C13H13BrO2S/c14-12-9-17-8-11(12)13(15)6-7-16-10-4-2-1-3-5-10/h1-5,8-9,13,15H,6-7H2. The van der Waals surface area contributed by atoms with Crippen molar-refractivity contribution in [2.45, 2.75) is 12.5 Å². The van der Waals surface area contributed by atoms with Crippen molar-refractivity contribution in [3.05, 3.63) is 51.1 Å². The Kier molecular flexibility index (Phi) is 4.59. The van der Waals surface area contributed by atoms with Crippen LogP contribution in [0, 0.1) is 0 Å². The van der Waals surface area contributed by atoms with Crippen molar-refractivity contribution in [1.29, 1.82) is 0 Å². The highest BCUT2D eigenvalue weighted by Crippen LogP contribution is 2.29. The lowest BCUT2D eigenvalue weighted by atomic mass is 10.1. The minimum atomic E-state index is -0.473.